The predicted octanol–water partition coefficient (Wildman–Crippen LogP) is 1.61. The minimum Gasteiger partial charge on any atom is -0.395 e. The topological polar surface area (TPSA) is 23.5 Å². The highest BCUT2D eigenvalue weighted by molar-refractivity contribution is 5.21. The molecular weight excluding hydrogens is 193 g/mol. The molecule has 1 aromatic rings. The van der Waals surface area contributed by atoms with E-state index in [4.69, 9.17) is 5.11 Å². The van der Waals surface area contributed by atoms with E-state index in [0.29, 0.717) is 5.92 Å². The molecule has 0 radical (unpaired) electrons. The van der Waals surface area contributed by atoms with Crippen molar-refractivity contribution in [2.75, 3.05) is 26.2 Å². The molecule has 1 saturated heterocycles. The smallest absolute Gasteiger partial charge is 0.123 e. The minimum absolute atomic E-state index is 0.177. The van der Waals surface area contributed by atoms with Crippen LogP contribution in [0.25, 0.3) is 0 Å². The normalized spacial score (nSPS) is 22.1. The second kappa shape index (κ2) is 4.73. The maximum atomic E-state index is 12.7. The molecule has 2 nitrogen and oxygen atoms in total. The van der Waals surface area contributed by atoms with E-state index in [1.807, 2.05) is 12.1 Å². The minimum atomic E-state index is -0.177. The van der Waals surface area contributed by atoms with Crippen LogP contribution in [0.5, 0.6) is 0 Å². The zero-order valence-corrected chi connectivity index (χ0v) is 8.69. The lowest BCUT2D eigenvalue weighted by molar-refractivity contribution is 0.220. The third kappa shape index (κ3) is 2.55. The quantitative estimate of drug-likeness (QED) is 0.817. The van der Waals surface area contributed by atoms with Gasteiger partial charge in [-0.2, -0.15) is 0 Å². The van der Waals surface area contributed by atoms with Gasteiger partial charge in [-0.1, -0.05) is 12.1 Å². The Morgan fingerprint density at radius 2 is 2.07 bits per heavy atom. The molecular formula is C12H16FNO. The number of aliphatic hydroxyl groups excluding tert-OH is 1. The van der Waals surface area contributed by atoms with Gasteiger partial charge >= 0.3 is 0 Å². The first kappa shape index (κ1) is 10.6. The molecule has 82 valence electrons. The molecule has 0 spiro atoms. The van der Waals surface area contributed by atoms with Crippen molar-refractivity contribution < 1.29 is 9.50 Å². The van der Waals surface area contributed by atoms with Gasteiger partial charge in [0, 0.05) is 13.1 Å². The van der Waals surface area contributed by atoms with E-state index in [1.165, 1.54) is 17.7 Å². The Balaban J connectivity index is 1.98. The fourth-order valence-electron chi connectivity index (χ4n) is 2.18. The van der Waals surface area contributed by atoms with Gasteiger partial charge in [-0.05, 0) is 36.6 Å². The lowest BCUT2D eigenvalue weighted by Gasteiger charge is -2.14. The monoisotopic (exact) mass is 209 g/mol. The SMILES string of the molecule is OCCN1CCC(c2ccc(F)cc2)C1. The van der Waals surface area contributed by atoms with Crippen molar-refractivity contribution in [3.05, 3.63) is 35.6 Å². The van der Waals surface area contributed by atoms with Gasteiger partial charge in [-0.15, -0.1) is 0 Å². The lowest BCUT2D eigenvalue weighted by atomic mass is 9.99. The summed E-state index contributed by atoms with van der Waals surface area (Å²) in [6.07, 6.45) is 1.10. The summed E-state index contributed by atoms with van der Waals surface area (Å²) in [5, 5.41) is 8.83. The Labute approximate surface area is 89.3 Å². The van der Waals surface area contributed by atoms with Crippen LogP contribution in [0.4, 0.5) is 4.39 Å². The van der Waals surface area contributed by atoms with E-state index < -0.39 is 0 Å². The number of hydrogen-bond acceptors (Lipinski definition) is 2. The van der Waals surface area contributed by atoms with Crippen molar-refractivity contribution in [3.8, 4) is 0 Å². The van der Waals surface area contributed by atoms with Crippen molar-refractivity contribution in [3.63, 3.8) is 0 Å². The summed E-state index contributed by atoms with van der Waals surface area (Å²) in [7, 11) is 0. The molecule has 0 amide bonds. The summed E-state index contributed by atoms with van der Waals surface area (Å²) in [5.74, 6) is 0.320. The Hall–Kier alpha value is -0.930. The molecule has 0 saturated carbocycles. The van der Waals surface area contributed by atoms with E-state index in [1.54, 1.807) is 0 Å². The van der Waals surface area contributed by atoms with Gasteiger partial charge in [0.15, 0.2) is 0 Å². The number of aliphatic hydroxyl groups is 1. The third-order valence-electron chi connectivity index (χ3n) is 3.03. The molecule has 1 atom stereocenters. The van der Waals surface area contributed by atoms with Gasteiger partial charge in [0.2, 0.25) is 0 Å². The molecule has 1 aliphatic rings. The van der Waals surface area contributed by atoms with Crippen LogP contribution >= 0.6 is 0 Å². The van der Waals surface area contributed by atoms with Crippen LogP contribution in [-0.4, -0.2) is 36.2 Å². The highest BCUT2D eigenvalue weighted by Crippen LogP contribution is 2.26. The second-order valence-corrected chi connectivity index (χ2v) is 4.06. The zero-order valence-electron chi connectivity index (χ0n) is 8.69. The Bertz CT molecular complexity index is 312. The van der Waals surface area contributed by atoms with Gasteiger partial charge < -0.3 is 10.0 Å². The number of benzene rings is 1. The molecule has 3 heteroatoms. The summed E-state index contributed by atoms with van der Waals surface area (Å²) < 4.78 is 12.7. The van der Waals surface area contributed by atoms with Crippen molar-refractivity contribution in [1.82, 2.24) is 4.90 Å². The molecule has 1 unspecified atom stereocenters. The highest BCUT2D eigenvalue weighted by Gasteiger charge is 2.22. The van der Waals surface area contributed by atoms with Crippen LogP contribution in [0, 0.1) is 5.82 Å². The fourth-order valence-corrected chi connectivity index (χ4v) is 2.18. The van der Waals surface area contributed by atoms with E-state index >= 15 is 0 Å². The number of nitrogens with zero attached hydrogens (tertiary/aromatic N) is 1. The molecule has 1 aromatic carbocycles. The van der Waals surface area contributed by atoms with Crippen LogP contribution < -0.4 is 0 Å². The zero-order chi connectivity index (χ0) is 10.7. The molecule has 0 bridgehead atoms. The standard InChI is InChI=1S/C12H16FNO/c13-12-3-1-10(2-4-12)11-5-6-14(9-11)7-8-15/h1-4,11,15H,5-9H2. The summed E-state index contributed by atoms with van der Waals surface area (Å²) in [4.78, 5) is 2.24. The van der Waals surface area contributed by atoms with Gasteiger partial charge in [0.25, 0.3) is 0 Å². The fraction of sp³-hybridized carbons (Fsp3) is 0.500. The first-order chi connectivity index (χ1) is 7.29. The molecule has 0 aromatic heterocycles. The summed E-state index contributed by atoms with van der Waals surface area (Å²) >= 11 is 0. The van der Waals surface area contributed by atoms with Crippen LogP contribution in [0.15, 0.2) is 24.3 Å². The molecule has 2 rings (SSSR count). The average Bonchev–Trinajstić information content (AvgIpc) is 2.68. The van der Waals surface area contributed by atoms with Crippen LogP contribution in [0.2, 0.25) is 0 Å². The number of halogens is 1. The van der Waals surface area contributed by atoms with Crippen molar-refractivity contribution >= 4 is 0 Å². The molecule has 1 fully saturated rings. The number of β-amino-alcohol motifs (C(OH)–C–C–N with tert-alkyl or cyclic N) is 1. The Morgan fingerprint density at radius 1 is 1.33 bits per heavy atom. The van der Waals surface area contributed by atoms with Gasteiger partial charge in [-0.3, -0.25) is 0 Å². The van der Waals surface area contributed by atoms with Crippen molar-refractivity contribution in [2.45, 2.75) is 12.3 Å². The van der Waals surface area contributed by atoms with Crippen molar-refractivity contribution in [1.29, 1.82) is 0 Å². The summed E-state index contributed by atoms with van der Waals surface area (Å²) in [6.45, 7) is 2.97. The van der Waals surface area contributed by atoms with Crippen LogP contribution in [0.3, 0.4) is 0 Å². The van der Waals surface area contributed by atoms with Crippen molar-refractivity contribution in [2.24, 2.45) is 0 Å². The first-order valence-electron chi connectivity index (χ1n) is 5.38. The van der Waals surface area contributed by atoms with Gasteiger partial charge in [-0.25, -0.2) is 4.39 Å². The molecule has 0 aliphatic carbocycles. The number of hydrogen-bond donors (Lipinski definition) is 1. The molecule has 15 heavy (non-hydrogen) atoms. The van der Waals surface area contributed by atoms with Gasteiger partial charge in [0.05, 0.1) is 6.61 Å². The maximum absolute atomic E-state index is 12.7. The molecule has 1 aliphatic heterocycles. The van der Waals surface area contributed by atoms with E-state index in [9.17, 15) is 4.39 Å². The third-order valence-corrected chi connectivity index (χ3v) is 3.03. The van der Waals surface area contributed by atoms with E-state index in [2.05, 4.69) is 4.90 Å². The summed E-state index contributed by atoms with van der Waals surface area (Å²) in [5.41, 5.74) is 1.21. The van der Waals surface area contributed by atoms with E-state index in [0.717, 1.165) is 26.1 Å². The predicted molar refractivity (Wildman–Crippen MR) is 57.3 cm³/mol. The molecule has 1 N–H and O–H groups in total. The lowest BCUT2D eigenvalue weighted by Crippen LogP contribution is -2.23. The summed E-state index contributed by atoms with van der Waals surface area (Å²) in [6, 6.07) is 6.76. The van der Waals surface area contributed by atoms with Gasteiger partial charge in [0.1, 0.15) is 5.82 Å². The number of rotatable bonds is 3. The largest absolute Gasteiger partial charge is 0.395 e. The maximum Gasteiger partial charge on any atom is 0.123 e. The van der Waals surface area contributed by atoms with Crippen LogP contribution in [-0.2, 0) is 0 Å². The average molecular weight is 209 g/mol. The Morgan fingerprint density at radius 3 is 2.73 bits per heavy atom. The number of likely N-dealkylation sites (tertiary alicyclic amines) is 1. The first-order valence-corrected chi connectivity index (χ1v) is 5.38. The van der Waals surface area contributed by atoms with Crippen LogP contribution in [0.1, 0.15) is 17.9 Å². The second-order valence-electron chi connectivity index (χ2n) is 4.06. The highest BCUT2D eigenvalue weighted by atomic mass is 19.1. The molecule has 1 heterocycles. The van der Waals surface area contributed by atoms with E-state index in [-0.39, 0.29) is 12.4 Å². The Kier molecular flexibility index (Phi) is 3.34.